The molecule has 5 nitrogen and oxygen atoms in total. The first-order valence-corrected chi connectivity index (χ1v) is 4.76. The lowest BCUT2D eigenvalue weighted by Gasteiger charge is -2.23. The molecule has 1 fully saturated rings. The van der Waals surface area contributed by atoms with E-state index in [4.69, 9.17) is 5.73 Å². The van der Waals surface area contributed by atoms with Gasteiger partial charge in [-0.25, -0.2) is 0 Å². The summed E-state index contributed by atoms with van der Waals surface area (Å²) >= 11 is 0. The topological polar surface area (TPSA) is 81.4 Å². The van der Waals surface area contributed by atoms with Gasteiger partial charge >= 0.3 is 5.97 Å². The number of ether oxygens (including phenoxy) is 1. The fraction of sp³-hybridized carbons (Fsp3) is 0.778. The van der Waals surface area contributed by atoms with Gasteiger partial charge in [-0.2, -0.15) is 0 Å². The molecular weight excluding hydrogens is 220 g/mol. The van der Waals surface area contributed by atoms with Crippen LogP contribution in [0.3, 0.4) is 0 Å². The van der Waals surface area contributed by atoms with Crippen LogP contribution < -0.4 is 11.1 Å². The molecule has 0 bridgehead atoms. The number of methoxy groups -OCH3 is 1. The van der Waals surface area contributed by atoms with Crippen LogP contribution in [-0.4, -0.2) is 31.6 Å². The summed E-state index contributed by atoms with van der Waals surface area (Å²) in [6, 6.07) is -0.686. The van der Waals surface area contributed by atoms with Gasteiger partial charge in [0.25, 0.3) is 0 Å². The molecule has 0 spiro atoms. The summed E-state index contributed by atoms with van der Waals surface area (Å²) < 4.78 is 4.49. The highest BCUT2D eigenvalue weighted by molar-refractivity contribution is 5.85. The quantitative estimate of drug-likeness (QED) is 0.667. The predicted octanol–water partition coefficient (Wildman–Crippen LogP) is -0.175. The van der Waals surface area contributed by atoms with Crippen LogP contribution in [0.15, 0.2) is 0 Å². The molecule has 0 aromatic heterocycles. The zero-order valence-corrected chi connectivity index (χ0v) is 9.51. The monoisotopic (exact) mass is 236 g/mol. The molecule has 15 heavy (non-hydrogen) atoms. The third-order valence-corrected chi connectivity index (χ3v) is 2.44. The Morgan fingerprint density at radius 2 is 2.40 bits per heavy atom. The van der Waals surface area contributed by atoms with Crippen LogP contribution in [0.1, 0.15) is 19.3 Å². The Bertz CT molecular complexity index is 235. The van der Waals surface area contributed by atoms with Crippen LogP contribution >= 0.6 is 12.4 Å². The minimum Gasteiger partial charge on any atom is -0.468 e. The number of carbonyl (C=O) groups excluding carboxylic acids is 2. The molecule has 1 rings (SSSR count). The van der Waals surface area contributed by atoms with Gasteiger partial charge in [0.15, 0.2) is 0 Å². The molecule has 1 aliphatic heterocycles. The smallest absolute Gasteiger partial charge is 0.322 e. The van der Waals surface area contributed by atoms with Gasteiger partial charge in [-0.1, -0.05) is 0 Å². The van der Waals surface area contributed by atoms with Gasteiger partial charge in [-0.3, -0.25) is 9.59 Å². The molecule has 0 aromatic carbocycles. The van der Waals surface area contributed by atoms with Crippen LogP contribution in [0.25, 0.3) is 0 Å². The van der Waals surface area contributed by atoms with Crippen LogP contribution in [0, 0.1) is 5.92 Å². The Balaban J connectivity index is 0.00000196. The number of hydrogen-bond acceptors (Lipinski definition) is 4. The zero-order chi connectivity index (χ0) is 10.6. The lowest BCUT2D eigenvalue weighted by molar-refractivity contribution is -0.142. The number of rotatable bonds is 3. The van der Waals surface area contributed by atoms with E-state index in [0.717, 1.165) is 19.4 Å². The normalized spacial score (nSPS) is 22.3. The van der Waals surface area contributed by atoms with Crippen molar-refractivity contribution in [3.8, 4) is 0 Å². The summed E-state index contributed by atoms with van der Waals surface area (Å²) in [6.45, 7) is 0.725. The van der Waals surface area contributed by atoms with Gasteiger partial charge in [0, 0.05) is 12.5 Å². The van der Waals surface area contributed by atoms with Crippen LogP contribution in [0.2, 0.25) is 0 Å². The lowest BCUT2D eigenvalue weighted by Crippen LogP contribution is -2.42. The second-order valence-corrected chi connectivity index (χ2v) is 3.50. The van der Waals surface area contributed by atoms with Crippen molar-refractivity contribution in [2.45, 2.75) is 25.3 Å². The molecule has 1 heterocycles. The molecule has 2 unspecified atom stereocenters. The molecule has 0 saturated carbocycles. The third-order valence-electron chi connectivity index (χ3n) is 2.44. The van der Waals surface area contributed by atoms with Crippen molar-refractivity contribution >= 4 is 24.3 Å². The number of hydrogen-bond donors (Lipinski definition) is 2. The van der Waals surface area contributed by atoms with E-state index < -0.39 is 12.0 Å². The Morgan fingerprint density at radius 1 is 1.73 bits per heavy atom. The average Bonchev–Trinajstić information content (AvgIpc) is 2.20. The number of esters is 1. The van der Waals surface area contributed by atoms with Gasteiger partial charge < -0.3 is 15.8 Å². The van der Waals surface area contributed by atoms with Gasteiger partial charge in [-0.15, -0.1) is 12.4 Å². The van der Waals surface area contributed by atoms with E-state index in [0.29, 0.717) is 6.42 Å². The highest BCUT2D eigenvalue weighted by Crippen LogP contribution is 2.16. The molecule has 1 saturated heterocycles. The molecule has 0 aromatic rings. The molecule has 6 heteroatoms. The highest BCUT2D eigenvalue weighted by Gasteiger charge is 2.27. The SMILES string of the molecule is COC(=O)C(N)CC1CCCNC1=O.Cl. The van der Waals surface area contributed by atoms with Crippen molar-refractivity contribution in [1.82, 2.24) is 5.32 Å². The second-order valence-electron chi connectivity index (χ2n) is 3.50. The first-order chi connectivity index (χ1) is 6.65. The molecule has 88 valence electrons. The van der Waals surface area contributed by atoms with E-state index in [1.54, 1.807) is 0 Å². The van der Waals surface area contributed by atoms with Crippen molar-refractivity contribution in [2.24, 2.45) is 11.7 Å². The van der Waals surface area contributed by atoms with Crippen molar-refractivity contribution in [3.63, 3.8) is 0 Å². The van der Waals surface area contributed by atoms with E-state index in [1.165, 1.54) is 7.11 Å². The average molecular weight is 237 g/mol. The minimum atomic E-state index is -0.686. The summed E-state index contributed by atoms with van der Waals surface area (Å²) in [7, 11) is 1.29. The van der Waals surface area contributed by atoms with Crippen LogP contribution in [0.5, 0.6) is 0 Å². The Kier molecular flexibility index (Phi) is 6.27. The van der Waals surface area contributed by atoms with Gasteiger partial charge in [0.1, 0.15) is 6.04 Å². The Hall–Kier alpha value is -0.810. The standard InChI is InChI=1S/C9H16N2O3.ClH/c1-14-9(13)7(10)5-6-3-2-4-11-8(6)12;/h6-7H,2-5,10H2,1H3,(H,11,12);1H. The molecular formula is C9H17ClN2O3. The fourth-order valence-electron chi connectivity index (χ4n) is 1.61. The van der Waals surface area contributed by atoms with Crippen molar-refractivity contribution < 1.29 is 14.3 Å². The molecule has 1 amide bonds. The molecule has 2 atom stereocenters. The van der Waals surface area contributed by atoms with E-state index >= 15 is 0 Å². The zero-order valence-electron chi connectivity index (χ0n) is 8.69. The lowest BCUT2D eigenvalue weighted by atomic mass is 9.92. The maximum atomic E-state index is 11.3. The molecule has 0 aliphatic carbocycles. The number of piperidine rings is 1. The van der Waals surface area contributed by atoms with E-state index in [-0.39, 0.29) is 24.2 Å². The largest absolute Gasteiger partial charge is 0.468 e. The van der Waals surface area contributed by atoms with Crippen molar-refractivity contribution in [3.05, 3.63) is 0 Å². The Labute approximate surface area is 95.1 Å². The predicted molar refractivity (Wildman–Crippen MR) is 57.6 cm³/mol. The molecule has 0 radical (unpaired) electrons. The fourth-order valence-corrected chi connectivity index (χ4v) is 1.61. The Morgan fingerprint density at radius 3 is 2.93 bits per heavy atom. The van der Waals surface area contributed by atoms with E-state index in [9.17, 15) is 9.59 Å². The maximum absolute atomic E-state index is 11.3. The summed E-state index contributed by atoms with van der Waals surface area (Å²) in [5.74, 6) is -0.600. The molecule has 3 N–H and O–H groups in total. The number of carbonyl (C=O) groups is 2. The van der Waals surface area contributed by atoms with Gasteiger partial charge in [-0.05, 0) is 19.3 Å². The van der Waals surface area contributed by atoms with Gasteiger partial charge in [0.2, 0.25) is 5.91 Å². The first kappa shape index (κ1) is 14.2. The first-order valence-electron chi connectivity index (χ1n) is 4.76. The van der Waals surface area contributed by atoms with Crippen molar-refractivity contribution in [2.75, 3.05) is 13.7 Å². The van der Waals surface area contributed by atoms with E-state index in [2.05, 4.69) is 10.1 Å². The summed E-state index contributed by atoms with van der Waals surface area (Å²) in [5, 5.41) is 2.75. The van der Waals surface area contributed by atoms with E-state index in [1.807, 2.05) is 0 Å². The number of nitrogens with one attached hydrogen (secondary N) is 1. The number of halogens is 1. The highest BCUT2D eigenvalue weighted by atomic mass is 35.5. The number of amides is 1. The third kappa shape index (κ3) is 4.05. The maximum Gasteiger partial charge on any atom is 0.322 e. The number of nitrogens with two attached hydrogens (primary N) is 1. The summed E-state index contributed by atoms with van der Waals surface area (Å²) in [5.41, 5.74) is 5.57. The van der Waals surface area contributed by atoms with Gasteiger partial charge in [0.05, 0.1) is 7.11 Å². The summed E-state index contributed by atoms with van der Waals surface area (Å²) in [6.07, 6.45) is 2.12. The summed E-state index contributed by atoms with van der Waals surface area (Å²) in [4.78, 5) is 22.3. The van der Waals surface area contributed by atoms with Crippen LogP contribution in [0.4, 0.5) is 0 Å². The van der Waals surface area contributed by atoms with Crippen molar-refractivity contribution in [1.29, 1.82) is 0 Å². The molecule has 1 aliphatic rings. The van der Waals surface area contributed by atoms with Crippen LogP contribution in [-0.2, 0) is 14.3 Å². The second kappa shape index (κ2) is 6.63. The minimum absolute atomic E-state index is 0.